The number of pyridine rings is 1. The number of piperidine rings is 1. The van der Waals surface area contributed by atoms with Gasteiger partial charge in [-0.05, 0) is 49.9 Å². The molecule has 1 aliphatic carbocycles. The Morgan fingerprint density at radius 2 is 2.06 bits per heavy atom. The average molecular weight is 453 g/mol. The second-order valence-electron chi connectivity index (χ2n) is 8.94. The molecular formula is C23H29FN8O. The molecule has 0 bridgehead atoms. The number of methoxy groups -OCH3 is 1. The Morgan fingerprint density at radius 3 is 2.82 bits per heavy atom. The number of hydrogen-bond acceptors (Lipinski definition) is 8. The molecule has 2 atom stereocenters. The normalized spacial score (nSPS) is 21.1. The Hall–Kier alpha value is -3.14. The fraction of sp³-hybridized carbons (Fsp3) is 0.522. The van der Waals surface area contributed by atoms with Crippen LogP contribution < -0.4 is 15.0 Å². The van der Waals surface area contributed by atoms with E-state index in [9.17, 15) is 4.39 Å². The van der Waals surface area contributed by atoms with Gasteiger partial charge in [0, 0.05) is 24.3 Å². The molecule has 1 N–H and O–H groups in total. The fourth-order valence-corrected chi connectivity index (χ4v) is 4.35. The van der Waals surface area contributed by atoms with Crippen LogP contribution in [0.1, 0.15) is 31.4 Å². The van der Waals surface area contributed by atoms with E-state index in [1.165, 1.54) is 19.3 Å². The summed E-state index contributed by atoms with van der Waals surface area (Å²) in [7, 11) is 1.60. The van der Waals surface area contributed by atoms with Gasteiger partial charge in [0.15, 0.2) is 5.82 Å². The van der Waals surface area contributed by atoms with Gasteiger partial charge in [-0.3, -0.25) is 4.98 Å². The van der Waals surface area contributed by atoms with Crippen molar-refractivity contribution in [2.45, 2.75) is 44.4 Å². The molecule has 33 heavy (non-hydrogen) atoms. The number of nitrogens with zero attached hydrogens (tertiary/aromatic N) is 7. The van der Waals surface area contributed by atoms with Crippen molar-refractivity contribution in [3.8, 4) is 17.0 Å². The summed E-state index contributed by atoms with van der Waals surface area (Å²) in [4.78, 5) is 6.15. The smallest absolute Gasteiger partial charge is 0.151 e. The van der Waals surface area contributed by atoms with Gasteiger partial charge in [-0.1, -0.05) is 11.6 Å². The zero-order valence-electron chi connectivity index (χ0n) is 18.8. The van der Waals surface area contributed by atoms with Gasteiger partial charge >= 0.3 is 0 Å². The summed E-state index contributed by atoms with van der Waals surface area (Å²) in [6, 6.07) is 5.83. The van der Waals surface area contributed by atoms with Crippen LogP contribution in [0.3, 0.4) is 0 Å². The number of aromatic nitrogens is 6. The van der Waals surface area contributed by atoms with E-state index >= 15 is 0 Å². The third kappa shape index (κ3) is 5.27. The molecule has 0 radical (unpaired) electrons. The topological polar surface area (TPSA) is 93.9 Å². The molecule has 2 fully saturated rings. The summed E-state index contributed by atoms with van der Waals surface area (Å²) in [6.45, 7) is 2.54. The molecule has 2 unspecified atom stereocenters. The Kier molecular flexibility index (Phi) is 6.43. The number of hydrogen-bond donors (Lipinski definition) is 1. The molecule has 2 aliphatic rings. The predicted octanol–water partition coefficient (Wildman–Crippen LogP) is 2.49. The molecular weight excluding hydrogens is 423 g/mol. The number of alkyl halides is 1. The van der Waals surface area contributed by atoms with E-state index in [1.54, 1.807) is 24.2 Å². The van der Waals surface area contributed by atoms with E-state index in [2.05, 4.69) is 30.8 Å². The van der Waals surface area contributed by atoms with E-state index in [4.69, 9.17) is 4.74 Å². The molecule has 1 saturated heterocycles. The van der Waals surface area contributed by atoms with Gasteiger partial charge in [-0.15, -0.1) is 10.2 Å². The fourth-order valence-electron chi connectivity index (χ4n) is 4.35. The highest BCUT2D eigenvalue weighted by molar-refractivity contribution is 5.58. The first-order chi connectivity index (χ1) is 16.2. The third-order valence-corrected chi connectivity index (χ3v) is 6.46. The lowest BCUT2D eigenvalue weighted by Gasteiger charge is -2.37. The minimum Gasteiger partial charge on any atom is -0.495 e. The van der Waals surface area contributed by atoms with E-state index in [0.717, 1.165) is 30.3 Å². The summed E-state index contributed by atoms with van der Waals surface area (Å²) in [5.74, 6) is 2.13. The van der Waals surface area contributed by atoms with Crippen LogP contribution in [0, 0.1) is 5.92 Å². The van der Waals surface area contributed by atoms with Crippen LogP contribution in [0.15, 0.2) is 36.8 Å². The SMILES string of the molecule is COc1cncc(-c2cn(Cc3ccc(N4CC(F)CC(NCC5CCC5)C4)nn3)nn2)c1. The van der Waals surface area contributed by atoms with Gasteiger partial charge in [0.25, 0.3) is 0 Å². The van der Waals surface area contributed by atoms with Crippen molar-refractivity contribution in [1.29, 1.82) is 0 Å². The minimum atomic E-state index is -0.862. The maximum absolute atomic E-state index is 14.4. The first-order valence-electron chi connectivity index (χ1n) is 11.5. The largest absolute Gasteiger partial charge is 0.495 e. The molecule has 3 aromatic rings. The van der Waals surface area contributed by atoms with E-state index < -0.39 is 6.17 Å². The van der Waals surface area contributed by atoms with Crippen molar-refractivity contribution in [1.82, 2.24) is 35.5 Å². The Balaban J connectivity index is 1.20. The van der Waals surface area contributed by atoms with Gasteiger partial charge in [-0.25, -0.2) is 9.07 Å². The summed E-state index contributed by atoms with van der Waals surface area (Å²) < 4.78 is 21.3. The first-order valence-corrected chi connectivity index (χ1v) is 11.5. The molecule has 1 aliphatic heterocycles. The lowest BCUT2D eigenvalue weighted by atomic mass is 9.85. The van der Waals surface area contributed by atoms with Gasteiger partial charge in [0.1, 0.15) is 17.6 Å². The van der Waals surface area contributed by atoms with Crippen molar-refractivity contribution >= 4 is 5.82 Å². The van der Waals surface area contributed by atoms with Crippen LogP contribution >= 0.6 is 0 Å². The standard InChI is InChI=1S/C23H29FN8O/c1-33-21-7-17(10-25-11-21)22-15-32(30-28-22)14-19-5-6-23(29-27-19)31-12-18(24)8-20(13-31)26-9-16-3-2-4-16/h5-7,10-11,15-16,18,20,26H,2-4,8-9,12-14H2,1H3. The molecule has 1 saturated carbocycles. The highest BCUT2D eigenvalue weighted by Gasteiger charge is 2.29. The van der Waals surface area contributed by atoms with Crippen molar-refractivity contribution < 1.29 is 9.13 Å². The molecule has 174 valence electrons. The van der Waals surface area contributed by atoms with Gasteiger partial charge < -0.3 is 15.0 Å². The molecule has 3 aromatic heterocycles. The third-order valence-electron chi connectivity index (χ3n) is 6.46. The number of ether oxygens (including phenoxy) is 1. The van der Waals surface area contributed by atoms with Gasteiger partial charge in [0.05, 0.1) is 38.3 Å². The molecule has 0 amide bonds. The van der Waals surface area contributed by atoms with Crippen molar-refractivity contribution in [2.24, 2.45) is 5.92 Å². The quantitative estimate of drug-likeness (QED) is 0.557. The van der Waals surface area contributed by atoms with E-state index in [-0.39, 0.29) is 6.04 Å². The van der Waals surface area contributed by atoms with E-state index in [0.29, 0.717) is 36.8 Å². The molecule has 9 nitrogen and oxygen atoms in total. The maximum Gasteiger partial charge on any atom is 0.151 e. The second kappa shape index (κ2) is 9.78. The minimum absolute atomic E-state index is 0.149. The van der Waals surface area contributed by atoms with Gasteiger partial charge in [-0.2, -0.15) is 5.10 Å². The lowest BCUT2D eigenvalue weighted by Crippen LogP contribution is -2.51. The van der Waals surface area contributed by atoms with Crippen molar-refractivity contribution in [3.05, 3.63) is 42.5 Å². The average Bonchev–Trinajstić information content (AvgIpc) is 3.27. The number of nitrogens with one attached hydrogen (secondary N) is 1. The zero-order valence-corrected chi connectivity index (χ0v) is 18.8. The molecule has 0 spiro atoms. The highest BCUT2D eigenvalue weighted by atomic mass is 19.1. The van der Waals surface area contributed by atoms with Crippen LogP contribution in [-0.4, -0.2) is 69.1 Å². The first kappa shape index (κ1) is 21.7. The van der Waals surface area contributed by atoms with Crippen LogP contribution in [0.5, 0.6) is 5.75 Å². The number of anilines is 1. The van der Waals surface area contributed by atoms with Gasteiger partial charge in [0.2, 0.25) is 0 Å². The Bertz CT molecular complexity index is 1050. The number of rotatable bonds is 8. The maximum atomic E-state index is 14.4. The zero-order chi connectivity index (χ0) is 22.6. The summed E-state index contributed by atoms with van der Waals surface area (Å²) in [5, 5.41) is 20.7. The van der Waals surface area contributed by atoms with Crippen molar-refractivity contribution in [2.75, 3.05) is 31.6 Å². The number of halogens is 1. The molecule has 4 heterocycles. The molecule has 10 heteroatoms. The Morgan fingerprint density at radius 1 is 1.15 bits per heavy atom. The van der Waals surface area contributed by atoms with Crippen LogP contribution in [0.2, 0.25) is 0 Å². The highest BCUT2D eigenvalue weighted by Crippen LogP contribution is 2.26. The van der Waals surface area contributed by atoms with Crippen LogP contribution in [0.25, 0.3) is 11.3 Å². The van der Waals surface area contributed by atoms with Crippen molar-refractivity contribution in [3.63, 3.8) is 0 Å². The monoisotopic (exact) mass is 452 g/mol. The predicted molar refractivity (Wildman–Crippen MR) is 122 cm³/mol. The molecule has 5 rings (SSSR count). The van der Waals surface area contributed by atoms with Crippen LogP contribution in [0.4, 0.5) is 10.2 Å². The molecule has 0 aromatic carbocycles. The summed E-state index contributed by atoms with van der Waals surface area (Å²) in [5.41, 5.74) is 2.29. The summed E-state index contributed by atoms with van der Waals surface area (Å²) >= 11 is 0. The van der Waals surface area contributed by atoms with E-state index in [1.807, 2.05) is 29.3 Å². The lowest BCUT2D eigenvalue weighted by molar-refractivity contribution is 0.227. The summed E-state index contributed by atoms with van der Waals surface area (Å²) in [6.07, 6.45) is 8.80. The second-order valence-corrected chi connectivity index (χ2v) is 8.94. The Labute approximate surface area is 192 Å². The van der Waals surface area contributed by atoms with Crippen LogP contribution in [-0.2, 0) is 6.54 Å².